The van der Waals surface area contributed by atoms with Crippen molar-refractivity contribution in [2.45, 2.75) is 6.92 Å². The number of esters is 1. The Morgan fingerprint density at radius 2 is 2.28 bits per heavy atom. The third-order valence-corrected chi connectivity index (χ3v) is 3.11. The summed E-state index contributed by atoms with van der Waals surface area (Å²) in [6.07, 6.45) is 0. The number of aryl methyl sites for hydroxylation is 1. The number of methoxy groups -OCH3 is 1. The van der Waals surface area contributed by atoms with Crippen molar-refractivity contribution in [1.29, 1.82) is 0 Å². The first-order valence-electron chi connectivity index (χ1n) is 5.18. The molecule has 1 N–H and O–H groups in total. The van der Waals surface area contributed by atoms with Gasteiger partial charge in [0, 0.05) is 5.38 Å². The number of aromatic nitrogens is 1. The molecule has 2 rings (SSSR count). The number of nitrogens with zero attached hydrogens (tertiary/aromatic N) is 1. The number of thiazole rings is 1. The SMILES string of the molecule is COC(=O)c1csc(Nc2c(C)cccc2F)n1. The molecule has 0 atom stereocenters. The molecular weight excluding hydrogens is 255 g/mol. The quantitative estimate of drug-likeness (QED) is 0.867. The number of rotatable bonds is 3. The van der Waals surface area contributed by atoms with E-state index in [1.165, 1.54) is 24.5 Å². The summed E-state index contributed by atoms with van der Waals surface area (Å²) in [6.45, 7) is 1.79. The highest BCUT2D eigenvalue weighted by atomic mass is 32.1. The minimum Gasteiger partial charge on any atom is -0.464 e. The van der Waals surface area contributed by atoms with Crippen molar-refractivity contribution < 1.29 is 13.9 Å². The summed E-state index contributed by atoms with van der Waals surface area (Å²) in [5, 5.41) is 4.87. The molecule has 0 aliphatic heterocycles. The Hall–Kier alpha value is -1.95. The van der Waals surface area contributed by atoms with Gasteiger partial charge in [-0.25, -0.2) is 14.2 Å². The van der Waals surface area contributed by atoms with Gasteiger partial charge < -0.3 is 10.1 Å². The van der Waals surface area contributed by atoms with E-state index in [4.69, 9.17) is 0 Å². The molecule has 94 valence electrons. The van der Waals surface area contributed by atoms with Crippen LogP contribution in [0.3, 0.4) is 0 Å². The van der Waals surface area contributed by atoms with E-state index in [1.807, 2.05) is 0 Å². The lowest BCUT2D eigenvalue weighted by atomic mass is 10.2. The highest BCUT2D eigenvalue weighted by molar-refractivity contribution is 7.14. The first-order valence-corrected chi connectivity index (χ1v) is 6.05. The number of hydrogen-bond acceptors (Lipinski definition) is 5. The zero-order chi connectivity index (χ0) is 13.1. The van der Waals surface area contributed by atoms with E-state index in [0.717, 1.165) is 5.56 Å². The fourth-order valence-corrected chi connectivity index (χ4v) is 2.11. The monoisotopic (exact) mass is 266 g/mol. The van der Waals surface area contributed by atoms with E-state index >= 15 is 0 Å². The molecule has 1 heterocycles. The van der Waals surface area contributed by atoms with E-state index in [0.29, 0.717) is 10.8 Å². The molecule has 0 saturated carbocycles. The molecular formula is C12H11FN2O2S. The Balaban J connectivity index is 2.24. The Bertz CT molecular complexity index is 563. The van der Waals surface area contributed by atoms with Gasteiger partial charge in [0.2, 0.25) is 0 Å². The number of nitrogens with one attached hydrogen (secondary N) is 1. The molecule has 0 spiro atoms. The lowest BCUT2D eigenvalue weighted by Crippen LogP contribution is -2.02. The summed E-state index contributed by atoms with van der Waals surface area (Å²) in [5.41, 5.74) is 1.34. The third kappa shape index (κ3) is 2.48. The van der Waals surface area contributed by atoms with Crippen LogP contribution >= 0.6 is 11.3 Å². The predicted octanol–water partition coefficient (Wildman–Crippen LogP) is 3.12. The zero-order valence-electron chi connectivity index (χ0n) is 9.86. The average molecular weight is 266 g/mol. The van der Waals surface area contributed by atoms with Gasteiger partial charge in [-0.05, 0) is 18.6 Å². The van der Waals surface area contributed by atoms with E-state index < -0.39 is 5.97 Å². The Kier molecular flexibility index (Phi) is 3.57. The first kappa shape index (κ1) is 12.5. The fraction of sp³-hybridized carbons (Fsp3) is 0.167. The normalized spacial score (nSPS) is 10.2. The topological polar surface area (TPSA) is 51.2 Å². The van der Waals surface area contributed by atoms with Crippen molar-refractivity contribution in [3.05, 3.63) is 40.7 Å². The molecule has 0 radical (unpaired) electrons. The van der Waals surface area contributed by atoms with Gasteiger partial charge in [0.05, 0.1) is 12.8 Å². The van der Waals surface area contributed by atoms with Crippen molar-refractivity contribution in [1.82, 2.24) is 4.98 Å². The van der Waals surface area contributed by atoms with Crippen LogP contribution in [0.2, 0.25) is 0 Å². The second kappa shape index (κ2) is 5.14. The third-order valence-electron chi connectivity index (χ3n) is 2.35. The maximum absolute atomic E-state index is 13.6. The summed E-state index contributed by atoms with van der Waals surface area (Å²) in [6, 6.07) is 4.79. The number of anilines is 2. The molecule has 0 saturated heterocycles. The second-order valence-electron chi connectivity index (χ2n) is 3.59. The molecule has 6 heteroatoms. The number of carbonyl (C=O) groups is 1. The van der Waals surface area contributed by atoms with Gasteiger partial charge in [0.1, 0.15) is 5.82 Å². The maximum atomic E-state index is 13.6. The van der Waals surface area contributed by atoms with Crippen molar-refractivity contribution in [3.8, 4) is 0 Å². The molecule has 4 nitrogen and oxygen atoms in total. The molecule has 0 bridgehead atoms. The smallest absolute Gasteiger partial charge is 0.357 e. The summed E-state index contributed by atoms with van der Waals surface area (Å²) in [7, 11) is 1.29. The second-order valence-corrected chi connectivity index (χ2v) is 4.44. The van der Waals surface area contributed by atoms with Crippen molar-refractivity contribution in [3.63, 3.8) is 0 Å². The highest BCUT2D eigenvalue weighted by Crippen LogP contribution is 2.26. The molecule has 1 aromatic heterocycles. The first-order chi connectivity index (χ1) is 8.61. The van der Waals surface area contributed by atoms with Gasteiger partial charge in [-0.2, -0.15) is 0 Å². The molecule has 0 unspecified atom stereocenters. The molecule has 1 aromatic carbocycles. The summed E-state index contributed by atoms with van der Waals surface area (Å²) in [4.78, 5) is 15.3. The summed E-state index contributed by atoms with van der Waals surface area (Å²) >= 11 is 1.22. The molecule has 18 heavy (non-hydrogen) atoms. The standard InChI is InChI=1S/C12H11FN2O2S/c1-7-4-3-5-8(13)10(7)15-12-14-9(6-18-12)11(16)17-2/h3-6H,1-2H3,(H,14,15). The lowest BCUT2D eigenvalue weighted by Gasteiger charge is -2.07. The Morgan fingerprint density at radius 1 is 1.50 bits per heavy atom. The van der Waals surface area contributed by atoms with E-state index in [2.05, 4.69) is 15.0 Å². The number of benzene rings is 1. The van der Waals surface area contributed by atoms with Gasteiger partial charge in [-0.15, -0.1) is 11.3 Å². The van der Waals surface area contributed by atoms with Gasteiger partial charge >= 0.3 is 5.97 Å². The van der Waals surface area contributed by atoms with Gasteiger partial charge in [-0.3, -0.25) is 0 Å². The van der Waals surface area contributed by atoms with Crippen LogP contribution in [0.25, 0.3) is 0 Å². The van der Waals surface area contributed by atoms with E-state index in [9.17, 15) is 9.18 Å². The summed E-state index contributed by atoms with van der Waals surface area (Å²) in [5.74, 6) is -0.866. The van der Waals surface area contributed by atoms with Gasteiger partial charge in [-0.1, -0.05) is 12.1 Å². The Labute approximate surface area is 107 Å². The van der Waals surface area contributed by atoms with Crippen LogP contribution in [0.15, 0.2) is 23.6 Å². The van der Waals surface area contributed by atoms with E-state index in [1.54, 1.807) is 24.4 Å². The van der Waals surface area contributed by atoms with Crippen molar-refractivity contribution >= 4 is 28.1 Å². The molecule has 0 aliphatic carbocycles. The van der Waals surface area contributed by atoms with Crippen LogP contribution < -0.4 is 5.32 Å². The van der Waals surface area contributed by atoms with Crippen LogP contribution in [0.5, 0.6) is 0 Å². The van der Waals surface area contributed by atoms with Crippen LogP contribution in [0.1, 0.15) is 16.1 Å². The number of carbonyl (C=O) groups excluding carboxylic acids is 1. The zero-order valence-corrected chi connectivity index (χ0v) is 10.7. The van der Waals surface area contributed by atoms with Gasteiger partial charge in [0.15, 0.2) is 10.8 Å². The predicted molar refractivity (Wildman–Crippen MR) is 67.9 cm³/mol. The van der Waals surface area contributed by atoms with Crippen LogP contribution in [0, 0.1) is 12.7 Å². The highest BCUT2D eigenvalue weighted by Gasteiger charge is 2.12. The maximum Gasteiger partial charge on any atom is 0.357 e. The lowest BCUT2D eigenvalue weighted by molar-refractivity contribution is 0.0595. The van der Waals surface area contributed by atoms with Crippen molar-refractivity contribution in [2.75, 3.05) is 12.4 Å². The average Bonchev–Trinajstić information content (AvgIpc) is 2.81. The van der Waals surface area contributed by atoms with Crippen molar-refractivity contribution in [2.24, 2.45) is 0 Å². The van der Waals surface area contributed by atoms with E-state index in [-0.39, 0.29) is 11.5 Å². The molecule has 2 aromatic rings. The fourth-order valence-electron chi connectivity index (χ4n) is 1.43. The minimum absolute atomic E-state index is 0.207. The molecule has 0 fully saturated rings. The van der Waals surface area contributed by atoms with Crippen LogP contribution in [-0.4, -0.2) is 18.1 Å². The Morgan fingerprint density at radius 3 is 2.94 bits per heavy atom. The number of ether oxygens (including phenoxy) is 1. The molecule has 0 amide bonds. The number of halogens is 1. The minimum atomic E-state index is -0.510. The number of para-hydroxylation sites is 1. The van der Waals surface area contributed by atoms with Crippen LogP contribution in [0.4, 0.5) is 15.2 Å². The van der Waals surface area contributed by atoms with Gasteiger partial charge in [0.25, 0.3) is 0 Å². The number of hydrogen-bond donors (Lipinski definition) is 1. The molecule has 0 aliphatic rings. The largest absolute Gasteiger partial charge is 0.464 e. The van der Waals surface area contributed by atoms with Crippen LogP contribution in [-0.2, 0) is 4.74 Å². The summed E-state index contributed by atoms with van der Waals surface area (Å²) < 4.78 is 18.1.